The second-order valence-electron chi connectivity index (χ2n) is 4.38. The van der Waals surface area contributed by atoms with E-state index in [0.717, 1.165) is 0 Å². The number of rotatable bonds is 2. The van der Waals surface area contributed by atoms with Crippen molar-refractivity contribution in [3.8, 4) is 0 Å². The minimum Gasteiger partial charge on any atom is -0.394 e. The normalized spacial score (nSPS) is 31.1. The first-order valence-corrected chi connectivity index (χ1v) is 5.80. The van der Waals surface area contributed by atoms with Crippen LogP contribution in [0, 0.1) is 0 Å². The monoisotopic (exact) mass is 267 g/mol. The van der Waals surface area contributed by atoms with Crippen LogP contribution in [0.5, 0.6) is 0 Å². The lowest BCUT2D eigenvalue weighted by molar-refractivity contribution is -0.0610. The molecule has 1 fully saturated rings. The molecule has 2 aromatic heterocycles. The zero-order valence-electron chi connectivity index (χ0n) is 9.83. The third-order valence-corrected chi connectivity index (χ3v) is 3.25. The number of imidazole rings is 1. The smallest absolute Gasteiger partial charge is 0.224 e. The molecule has 102 valence electrons. The fourth-order valence-corrected chi connectivity index (χ4v) is 2.26. The maximum absolute atomic E-state index is 11.6. The molecule has 0 unspecified atom stereocenters. The van der Waals surface area contributed by atoms with E-state index in [-0.39, 0.29) is 11.1 Å². The topological polar surface area (TPSA) is 109 Å². The van der Waals surface area contributed by atoms with Crippen molar-refractivity contribution in [3.05, 3.63) is 34.9 Å². The van der Waals surface area contributed by atoms with Gasteiger partial charge < -0.3 is 20.1 Å². The van der Waals surface area contributed by atoms with Crippen LogP contribution in [0.25, 0.3) is 5.65 Å². The highest BCUT2D eigenvalue weighted by atomic mass is 16.6. The third kappa shape index (κ3) is 1.77. The van der Waals surface area contributed by atoms with E-state index in [1.165, 1.54) is 27.7 Å². The molecular weight excluding hydrogens is 254 g/mol. The van der Waals surface area contributed by atoms with E-state index < -0.39 is 31.1 Å². The Morgan fingerprint density at radius 3 is 2.79 bits per heavy atom. The van der Waals surface area contributed by atoms with Crippen LogP contribution in [-0.2, 0) is 4.74 Å². The molecule has 0 saturated carbocycles. The van der Waals surface area contributed by atoms with Crippen molar-refractivity contribution in [2.24, 2.45) is 0 Å². The molecular formula is C11H13N3O5. The minimum atomic E-state index is -1.20. The van der Waals surface area contributed by atoms with E-state index in [1.807, 2.05) is 0 Å². The summed E-state index contributed by atoms with van der Waals surface area (Å²) >= 11 is 0. The lowest BCUT2D eigenvalue weighted by Crippen LogP contribution is -2.34. The van der Waals surface area contributed by atoms with Gasteiger partial charge in [-0.15, -0.1) is 0 Å². The Hall–Kier alpha value is -1.74. The van der Waals surface area contributed by atoms with Gasteiger partial charge >= 0.3 is 0 Å². The number of nitrogens with zero attached hydrogens (tertiary/aromatic N) is 3. The number of ether oxygens (including phenoxy) is 1. The number of hydrogen-bond donors (Lipinski definition) is 3. The van der Waals surface area contributed by atoms with Gasteiger partial charge in [0, 0.05) is 24.7 Å². The Kier molecular flexibility index (Phi) is 2.86. The molecule has 19 heavy (non-hydrogen) atoms. The molecule has 2 aromatic rings. The van der Waals surface area contributed by atoms with Crippen LogP contribution >= 0.6 is 0 Å². The van der Waals surface area contributed by atoms with Crippen LogP contribution in [-0.4, -0.2) is 54.4 Å². The number of aliphatic hydroxyl groups is 3. The van der Waals surface area contributed by atoms with E-state index in [4.69, 9.17) is 9.84 Å². The van der Waals surface area contributed by atoms with Crippen molar-refractivity contribution in [3.63, 3.8) is 0 Å². The van der Waals surface area contributed by atoms with Crippen molar-refractivity contribution in [1.29, 1.82) is 0 Å². The lowest BCUT2D eigenvalue weighted by atomic mass is 10.1. The summed E-state index contributed by atoms with van der Waals surface area (Å²) in [5.74, 6) is 0. The Labute approximate surface area is 107 Å². The number of fused-ring (bicyclic) bond motifs is 1. The molecule has 1 saturated heterocycles. The van der Waals surface area contributed by atoms with E-state index in [9.17, 15) is 15.0 Å². The summed E-state index contributed by atoms with van der Waals surface area (Å²) in [5, 5.41) is 28.8. The molecule has 4 atom stereocenters. The van der Waals surface area contributed by atoms with Crippen molar-refractivity contribution in [2.75, 3.05) is 6.61 Å². The molecule has 3 heterocycles. The minimum absolute atomic E-state index is 0.195. The Morgan fingerprint density at radius 1 is 1.32 bits per heavy atom. The van der Waals surface area contributed by atoms with Crippen LogP contribution in [0.4, 0.5) is 0 Å². The average molecular weight is 267 g/mol. The summed E-state index contributed by atoms with van der Waals surface area (Å²) in [5.41, 5.74) is -0.0618. The molecule has 1 aliphatic rings. The van der Waals surface area contributed by atoms with Crippen LogP contribution in [0.2, 0.25) is 0 Å². The van der Waals surface area contributed by atoms with Gasteiger partial charge in [0.25, 0.3) is 0 Å². The highest BCUT2D eigenvalue weighted by Crippen LogP contribution is 2.28. The van der Waals surface area contributed by atoms with Crippen LogP contribution in [0.1, 0.15) is 6.23 Å². The van der Waals surface area contributed by atoms with Gasteiger partial charge in [-0.3, -0.25) is 9.48 Å². The van der Waals surface area contributed by atoms with Gasteiger partial charge in [-0.25, -0.2) is 9.50 Å². The quantitative estimate of drug-likeness (QED) is 0.587. The predicted octanol–water partition coefficient (Wildman–Crippen LogP) is -1.89. The van der Waals surface area contributed by atoms with Crippen LogP contribution in [0.3, 0.4) is 0 Å². The second-order valence-corrected chi connectivity index (χ2v) is 4.38. The summed E-state index contributed by atoms with van der Waals surface area (Å²) < 4.78 is 8.29. The van der Waals surface area contributed by atoms with E-state index in [2.05, 4.69) is 4.98 Å². The first kappa shape index (κ1) is 12.3. The fourth-order valence-electron chi connectivity index (χ4n) is 2.26. The zero-order valence-corrected chi connectivity index (χ0v) is 9.83. The maximum atomic E-state index is 11.6. The lowest BCUT2D eigenvalue weighted by Gasteiger charge is -2.19. The van der Waals surface area contributed by atoms with E-state index >= 15 is 0 Å². The molecule has 8 heteroatoms. The van der Waals surface area contributed by atoms with Crippen molar-refractivity contribution in [2.45, 2.75) is 24.5 Å². The highest BCUT2D eigenvalue weighted by Gasteiger charge is 2.43. The standard InChI is InChI=1S/C11H13N3O5/c15-5-7-8(17)9(18)11(19-7)14-3-1-6(16)10-12-2-4-13(10)14/h1-4,7-9,11,15,17-18H,5H2/t7-,8-,9-,11-/m1/s1. The summed E-state index contributed by atoms with van der Waals surface area (Å²) in [6, 6.07) is 1.30. The third-order valence-electron chi connectivity index (χ3n) is 3.25. The number of hydrogen-bond acceptors (Lipinski definition) is 6. The fraction of sp³-hybridized carbons (Fsp3) is 0.455. The maximum Gasteiger partial charge on any atom is 0.224 e. The van der Waals surface area contributed by atoms with Crippen molar-refractivity contribution in [1.82, 2.24) is 14.2 Å². The first-order chi connectivity index (χ1) is 9.13. The molecule has 0 aromatic carbocycles. The number of aromatic nitrogens is 3. The first-order valence-electron chi connectivity index (χ1n) is 5.80. The summed E-state index contributed by atoms with van der Waals surface area (Å²) in [6.07, 6.45) is 0.290. The van der Waals surface area contributed by atoms with Gasteiger partial charge in [-0.1, -0.05) is 0 Å². The molecule has 0 amide bonds. The largest absolute Gasteiger partial charge is 0.394 e. The molecule has 3 rings (SSSR count). The van der Waals surface area contributed by atoms with Gasteiger partial charge in [0.15, 0.2) is 11.9 Å². The average Bonchev–Trinajstić information content (AvgIpc) is 2.99. The molecule has 1 aliphatic heterocycles. The second kappa shape index (κ2) is 4.42. The predicted molar refractivity (Wildman–Crippen MR) is 62.5 cm³/mol. The molecule has 0 bridgehead atoms. The molecule has 0 radical (unpaired) electrons. The van der Waals surface area contributed by atoms with Gasteiger partial charge in [0.2, 0.25) is 5.43 Å². The van der Waals surface area contributed by atoms with E-state index in [1.54, 1.807) is 6.20 Å². The summed E-state index contributed by atoms with van der Waals surface area (Å²) in [7, 11) is 0. The van der Waals surface area contributed by atoms with Crippen LogP contribution in [0.15, 0.2) is 29.5 Å². The Bertz CT molecular complexity index is 651. The summed E-state index contributed by atoms with van der Waals surface area (Å²) in [4.78, 5) is 15.5. The molecule has 3 N–H and O–H groups in total. The highest BCUT2D eigenvalue weighted by molar-refractivity contribution is 5.35. The molecule has 0 aliphatic carbocycles. The Balaban J connectivity index is 2.08. The van der Waals surface area contributed by atoms with Gasteiger partial charge in [0.05, 0.1) is 6.61 Å². The van der Waals surface area contributed by atoms with Crippen LogP contribution < -0.4 is 5.43 Å². The number of aliphatic hydroxyl groups excluding tert-OH is 3. The van der Waals surface area contributed by atoms with Gasteiger partial charge in [0.1, 0.15) is 18.3 Å². The molecule has 8 nitrogen and oxygen atoms in total. The van der Waals surface area contributed by atoms with E-state index in [0.29, 0.717) is 0 Å². The summed E-state index contributed by atoms with van der Waals surface area (Å²) in [6.45, 7) is -0.401. The van der Waals surface area contributed by atoms with Crippen molar-refractivity contribution < 1.29 is 20.1 Å². The molecule has 0 spiro atoms. The van der Waals surface area contributed by atoms with Crippen molar-refractivity contribution >= 4 is 5.65 Å². The van der Waals surface area contributed by atoms with Gasteiger partial charge in [-0.2, -0.15) is 0 Å². The van der Waals surface area contributed by atoms with Gasteiger partial charge in [-0.05, 0) is 0 Å². The SMILES string of the molecule is O=c1ccn([C@@H]2O[C@H](CO)[C@@H](O)[C@H]2O)n2ccnc12. The Morgan fingerprint density at radius 2 is 2.11 bits per heavy atom. The zero-order chi connectivity index (χ0) is 13.6.